The van der Waals surface area contributed by atoms with Crippen molar-refractivity contribution in [2.45, 2.75) is 39.8 Å². The number of quaternary nitrogens is 1. The molecule has 9 heteroatoms. The standard InChI is InChI=1S/C16H23N5O4/c1-4-7-21(9-13(22)18-16(23)17-11(2)3)10-14-19-20-15(25-14)12-6-5-8-24-12/h5-6,8,11H,4,7,9-10H2,1-3H3,(H2,17,18,22,23)/p+1. The summed E-state index contributed by atoms with van der Waals surface area (Å²) in [5.74, 6) is 0.858. The molecule has 0 fully saturated rings. The van der Waals surface area contributed by atoms with E-state index in [1.165, 1.54) is 6.26 Å². The Labute approximate surface area is 145 Å². The lowest BCUT2D eigenvalue weighted by Gasteiger charge is -2.16. The molecular formula is C16H24N5O4+. The van der Waals surface area contributed by atoms with Crippen LogP contribution in [-0.4, -0.2) is 41.3 Å². The number of carbonyl (C=O) groups excluding carboxylic acids is 2. The molecule has 9 nitrogen and oxygen atoms in total. The summed E-state index contributed by atoms with van der Waals surface area (Å²) in [6.45, 7) is 6.93. The van der Waals surface area contributed by atoms with Gasteiger partial charge in [0.15, 0.2) is 18.8 Å². The molecule has 1 unspecified atom stereocenters. The van der Waals surface area contributed by atoms with Crippen molar-refractivity contribution in [1.29, 1.82) is 0 Å². The Bertz CT molecular complexity index is 681. The molecule has 3 N–H and O–H groups in total. The average Bonchev–Trinajstić information content (AvgIpc) is 3.16. The number of amides is 3. The normalized spacial score (nSPS) is 12.2. The van der Waals surface area contributed by atoms with Gasteiger partial charge in [0.1, 0.15) is 0 Å². The van der Waals surface area contributed by atoms with Gasteiger partial charge in [-0.05, 0) is 32.4 Å². The maximum absolute atomic E-state index is 12.0. The SMILES string of the molecule is CCC[NH+](CC(=O)NC(=O)NC(C)C)Cc1nnc(-c2ccco2)o1. The van der Waals surface area contributed by atoms with E-state index in [1.54, 1.807) is 12.1 Å². The Balaban J connectivity index is 1.92. The van der Waals surface area contributed by atoms with Gasteiger partial charge in [-0.15, -0.1) is 10.2 Å². The number of aromatic nitrogens is 2. The van der Waals surface area contributed by atoms with Crippen molar-refractivity contribution in [3.63, 3.8) is 0 Å². The van der Waals surface area contributed by atoms with E-state index in [1.807, 2.05) is 20.8 Å². The van der Waals surface area contributed by atoms with Crippen LogP contribution >= 0.6 is 0 Å². The first-order valence-corrected chi connectivity index (χ1v) is 8.28. The van der Waals surface area contributed by atoms with Crippen molar-refractivity contribution in [2.24, 2.45) is 0 Å². The monoisotopic (exact) mass is 350 g/mol. The summed E-state index contributed by atoms with van der Waals surface area (Å²) in [5.41, 5.74) is 0. The second kappa shape index (κ2) is 8.97. The topological polar surface area (TPSA) is 115 Å². The second-order valence-corrected chi connectivity index (χ2v) is 6.01. The maximum Gasteiger partial charge on any atom is 0.321 e. The Morgan fingerprint density at radius 1 is 1.32 bits per heavy atom. The zero-order chi connectivity index (χ0) is 18.2. The molecule has 3 amide bonds. The number of carbonyl (C=O) groups is 2. The van der Waals surface area contributed by atoms with Gasteiger partial charge in [0.25, 0.3) is 17.7 Å². The van der Waals surface area contributed by atoms with Crippen molar-refractivity contribution in [2.75, 3.05) is 13.1 Å². The summed E-state index contributed by atoms with van der Waals surface area (Å²) in [5, 5.41) is 12.9. The zero-order valence-electron chi connectivity index (χ0n) is 14.7. The highest BCUT2D eigenvalue weighted by atomic mass is 16.4. The number of furan rings is 1. The van der Waals surface area contributed by atoms with Crippen molar-refractivity contribution < 1.29 is 23.3 Å². The quantitative estimate of drug-likeness (QED) is 0.633. The highest BCUT2D eigenvalue weighted by Crippen LogP contribution is 2.17. The lowest BCUT2D eigenvalue weighted by Crippen LogP contribution is -3.12. The van der Waals surface area contributed by atoms with Crippen LogP contribution in [0.5, 0.6) is 0 Å². The van der Waals surface area contributed by atoms with Gasteiger partial charge in [-0.3, -0.25) is 10.1 Å². The third-order valence-electron chi connectivity index (χ3n) is 3.29. The minimum atomic E-state index is -0.492. The number of imide groups is 1. The maximum atomic E-state index is 12.0. The molecule has 2 aromatic heterocycles. The van der Waals surface area contributed by atoms with Crippen molar-refractivity contribution in [3.05, 3.63) is 24.3 Å². The molecule has 2 heterocycles. The van der Waals surface area contributed by atoms with Gasteiger partial charge in [0, 0.05) is 6.04 Å². The van der Waals surface area contributed by atoms with Crippen molar-refractivity contribution in [1.82, 2.24) is 20.8 Å². The minimum Gasteiger partial charge on any atom is -0.459 e. The number of nitrogens with zero attached hydrogens (tertiary/aromatic N) is 2. The summed E-state index contributed by atoms with van der Waals surface area (Å²) >= 11 is 0. The molecule has 0 aromatic carbocycles. The van der Waals surface area contributed by atoms with Crippen LogP contribution in [0.2, 0.25) is 0 Å². The van der Waals surface area contributed by atoms with Crippen LogP contribution in [0.1, 0.15) is 33.1 Å². The number of nitrogens with one attached hydrogen (secondary N) is 3. The Hall–Kier alpha value is -2.68. The molecule has 2 rings (SSSR count). The van der Waals surface area contributed by atoms with Gasteiger partial charge < -0.3 is 19.1 Å². The van der Waals surface area contributed by atoms with Gasteiger partial charge in [-0.1, -0.05) is 6.92 Å². The van der Waals surface area contributed by atoms with E-state index in [0.717, 1.165) is 17.9 Å². The molecule has 0 spiro atoms. The molecule has 0 saturated carbocycles. The number of hydrogen-bond donors (Lipinski definition) is 3. The van der Waals surface area contributed by atoms with Gasteiger partial charge in [-0.25, -0.2) is 4.79 Å². The average molecular weight is 350 g/mol. The predicted octanol–water partition coefficient (Wildman–Crippen LogP) is 0.359. The molecule has 136 valence electrons. The summed E-state index contributed by atoms with van der Waals surface area (Å²) in [7, 11) is 0. The molecule has 25 heavy (non-hydrogen) atoms. The minimum absolute atomic E-state index is 0.0368. The molecule has 0 bridgehead atoms. The predicted molar refractivity (Wildman–Crippen MR) is 88.5 cm³/mol. The molecule has 0 radical (unpaired) electrons. The van der Waals surface area contributed by atoms with E-state index in [0.29, 0.717) is 24.1 Å². The van der Waals surface area contributed by atoms with Gasteiger partial charge in [-0.2, -0.15) is 0 Å². The van der Waals surface area contributed by atoms with E-state index >= 15 is 0 Å². The molecule has 0 aliphatic rings. The van der Waals surface area contributed by atoms with Crippen LogP contribution in [0, 0.1) is 0 Å². The van der Waals surface area contributed by atoms with Crippen molar-refractivity contribution in [3.8, 4) is 11.7 Å². The summed E-state index contributed by atoms with van der Waals surface area (Å²) in [4.78, 5) is 24.5. The van der Waals surface area contributed by atoms with Crippen LogP contribution < -0.4 is 15.5 Å². The van der Waals surface area contributed by atoms with E-state index in [-0.39, 0.29) is 18.5 Å². The summed E-state index contributed by atoms with van der Waals surface area (Å²) < 4.78 is 10.8. The van der Waals surface area contributed by atoms with E-state index < -0.39 is 6.03 Å². The molecule has 0 aliphatic carbocycles. The molecule has 0 aliphatic heterocycles. The first-order valence-electron chi connectivity index (χ1n) is 8.28. The van der Waals surface area contributed by atoms with Gasteiger partial charge >= 0.3 is 6.03 Å². The molecular weight excluding hydrogens is 326 g/mol. The van der Waals surface area contributed by atoms with Crippen molar-refractivity contribution >= 4 is 11.9 Å². The van der Waals surface area contributed by atoms with Crippen LogP contribution in [0.25, 0.3) is 11.7 Å². The highest BCUT2D eigenvalue weighted by Gasteiger charge is 2.20. The molecule has 1 atom stereocenters. The fourth-order valence-electron chi connectivity index (χ4n) is 2.33. The number of rotatable bonds is 8. The lowest BCUT2D eigenvalue weighted by molar-refractivity contribution is -0.907. The fourth-order valence-corrected chi connectivity index (χ4v) is 2.33. The fraction of sp³-hybridized carbons (Fsp3) is 0.500. The zero-order valence-corrected chi connectivity index (χ0v) is 14.7. The Morgan fingerprint density at radius 2 is 2.12 bits per heavy atom. The smallest absolute Gasteiger partial charge is 0.321 e. The number of urea groups is 1. The molecule has 0 saturated heterocycles. The van der Waals surface area contributed by atoms with E-state index in [4.69, 9.17) is 8.83 Å². The second-order valence-electron chi connectivity index (χ2n) is 6.01. The van der Waals surface area contributed by atoms with E-state index in [9.17, 15) is 9.59 Å². The summed E-state index contributed by atoms with van der Waals surface area (Å²) in [6.07, 6.45) is 2.40. The third-order valence-corrected chi connectivity index (χ3v) is 3.29. The van der Waals surface area contributed by atoms with E-state index in [2.05, 4.69) is 20.8 Å². The summed E-state index contributed by atoms with van der Waals surface area (Å²) in [6, 6.07) is 2.94. The van der Waals surface area contributed by atoms with Crippen LogP contribution in [0.3, 0.4) is 0 Å². The largest absolute Gasteiger partial charge is 0.459 e. The highest BCUT2D eigenvalue weighted by molar-refractivity contribution is 5.94. The number of hydrogen-bond acceptors (Lipinski definition) is 6. The van der Waals surface area contributed by atoms with Crippen LogP contribution in [0.4, 0.5) is 4.79 Å². The lowest BCUT2D eigenvalue weighted by atomic mass is 10.3. The van der Waals surface area contributed by atoms with Gasteiger partial charge in [0.05, 0.1) is 12.8 Å². The Morgan fingerprint density at radius 3 is 2.76 bits per heavy atom. The first kappa shape index (κ1) is 18.7. The van der Waals surface area contributed by atoms with Crippen LogP contribution in [0.15, 0.2) is 27.2 Å². The first-order chi connectivity index (χ1) is 12.0. The third kappa shape index (κ3) is 6.03. The Kier molecular flexibility index (Phi) is 6.70. The molecule has 2 aromatic rings. The van der Waals surface area contributed by atoms with Gasteiger partial charge in [0.2, 0.25) is 0 Å². The van der Waals surface area contributed by atoms with Crippen LogP contribution in [-0.2, 0) is 11.3 Å².